The lowest BCUT2D eigenvalue weighted by molar-refractivity contribution is 0.0979. The molecule has 0 amide bonds. The van der Waals surface area contributed by atoms with Gasteiger partial charge in [0.05, 0.1) is 0 Å². The Hall–Kier alpha value is -10.4. The van der Waals surface area contributed by atoms with Crippen molar-refractivity contribution in [3.05, 3.63) is 369 Å². The molecule has 2 nitrogen and oxygen atoms in total. The molecule has 0 aromatic heterocycles. The number of halogens is 3. The zero-order valence-electron chi connectivity index (χ0n) is 50.2. The molecule has 0 saturated carbocycles. The molecule has 0 heterocycles. The molecule has 0 aliphatic heterocycles. The SMILES string of the molecule is Brc1ccc2c(-c3cccc(-c4cccc5ccccc45)c3)c3cc(-c4ccccc4)ccc3c(-c3cccc(-c4cccc5ccccc45)c3)c2c1.Brc1cccc(-c2cccc3ccccc23)c1.O=C1c2ccc(-c3ccccc3)cc2C(=O)c2ccc(Br)cc21. The van der Waals surface area contributed by atoms with Gasteiger partial charge in [0, 0.05) is 35.7 Å². The Morgan fingerprint density at radius 1 is 0.172 bits per heavy atom. The van der Waals surface area contributed by atoms with E-state index in [1.54, 1.807) is 24.3 Å². The van der Waals surface area contributed by atoms with Gasteiger partial charge in [-0.3, -0.25) is 9.59 Å². The Bertz CT molecular complexity index is 5580. The molecule has 0 saturated heterocycles. The van der Waals surface area contributed by atoms with Gasteiger partial charge in [-0.1, -0.05) is 309 Å². The minimum atomic E-state index is -0.101. The molecular formula is C88H55Br3O2. The van der Waals surface area contributed by atoms with Crippen LogP contribution < -0.4 is 0 Å². The number of benzene rings is 16. The summed E-state index contributed by atoms with van der Waals surface area (Å²) in [5, 5.41) is 12.5. The molecule has 93 heavy (non-hydrogen) atoms. The summed E-state index contributed by atoms with van der Waals surface area (Å²) in [4.78, 5) is 25.5. The van der Waals surface area contributed by atoms with Crippen molar-refractivity contribution >= 4 is 113 Å². The fourth-order valence-electron chi connectivity index (χ4n) is 13.3. The molecule has 16 aromatic carbocycles. The Balaban J connectivity index is 0.000000145. The summed E-state index contributed by atoms with van der Waals surface area (Å²) < 4.78 is 2.97. The second kappa shape index (κ2) is 25.7. The van der Waals surface area contributed by atoms with Crippen LogP contribution in [0, 0.1) is 0 Å². The zero-order chi connectivity index (χ0) is 62.9. The Morgan fingerprint density at radius 2 is 0.516 bits per heavy atom. The van der Waals surface area contributed by atoms with Crippen molar-refractivity contribution in [3.8, 4) is 77.9 Å². The number of hydrogen-bond acceptors (Lipinski definition) is 2. The van der Waals surface area contributed by atoms with Gasteiger partial charge in [-0.25, -0.2) is 0 Å². The van der Waals surface area contributed by atoms with Crippen LogP contribution in [0.5, 0.6) is 0 Å². The number of hydrogen-bond donors (Lipinski definition) is 0. The second-order valence-corrected chi connectivity index (χ2v) is 26.0. The molecule has 0 N–H and O–H groups in total. The molecule has 16 aromatic rings. The minimum Gasteiger partial charge on any atom is -0.289 e. The Kier molecular flexibility index (Phi) is 16.3. The van der Waals surface area contributed by atoms with E-state index in [2.05, 4.69) is 315 Å². The number of fused-ring (bicyclic) bond motifs is 7. The van der Waals surface area contributed by atoms with Crippen molar-refractivity contribution in [2.24, 2.45) is 0 Å². The first-order chi connectivity index (χ1) is 45.7. The van der Waals surface area contributed by atoms with E-state index in [1.165, 1.54) is 121 Å². The molecular weight excluding hydrogens is 1330 g/mol. The van der Waals surface area contributed by atoms with Crippen molar-refractivity contribution in [2.75, 3.05) is 0 Å². The highest BCUT2D eigenvalue weighted by molar-refractivity contribution is 9.11. The first-order valence-corrected chi connectivity index (χ1v) is 33.3. The third-order valence-electron chi connectivity index (χ3n) is 17.7. The topological polar surface area (TPSA) is 34.1 Å². The Morgan fingerprint density at radius 3 is 1.03 bits per heavy atom. The van der Waals surface area contributed by atoms with Gasteiger partial charge in [-0.05, 0) is 205 Å². The summed E-state index contributed by atoms with van der Waals surface area (Å²) >= 11 is 10.7. The van der Waals surface area contributed by atoms with Gasteiger partial charge in [-0.15, -0.1) is 0 Å². The first-order valence-electron chi connectivity index (χ1n) is 30.9. The maximum absolute atomic E-state index is 12.8. The zero-order valence-corrected chi connectivity index (χ0v) is 55.0. The van der Waals surface area contributed by atoms with Gasteiger partial charge < -0.3 is 0 Å². The predicted octanol–water partition coefficient (Wildman–Crippen LogP) is 25.6. The molecule has 440 valence electrons. The number of carbonyl (C=O) groups is 2. The summed E-state index contributed by atoms with van der Waals surface area (Å²) in [5.41, 5.74) is 18.6. The van der Waals surface area contributed by atoms with Crippen LogP contribution in [-0.4, -0.2) is 11.6 Å². The highest BCUT2D eigenvalue weighted by atomic mass is 79.9. The van der Waals surface area contributed by atoms with Gasteiger partial charge in [0.1, 0.15) is 0 Å². The van der Waals surface area contributed by atoms with E-state index < -0.39 is 0 Å². The summed E-state index contributed by atoms with van der Waals surface area (Å²) in [5.74, 6) is -0.199. The van der Waals surface area contributed by atoms with E-state index in [-0.39, 0.29) is 11.6 Å². The fraction of sp³-hybridized carbons (Fsp3) is 0. The summed E-state index contributed by atoms with van der Waals surface area (Å²) in [7, 11) is 0. The number of rotatable bonds is 7. The van der Waals surface area contributed by atoms with Crippen LogP contribution >= 0.6 is 47.8 Å². The molecule has 1 aliphatic rings. The van der Waals surface area contributed by atoms with Crippen LogP contribution in [0.1, 0.15) is 31.8 Å². The van der Waals surface area contributed by atoms with E-state index in [9.17, 15) is 9.59 Å². The Labute approximate surface area is 565 Å². The molecule has 0 spiro atoms. The van der Waals surface area contributed by atoms with Crippen molar-refractivity contribution in [1.29, 1.82) is 0 Å². The van der Waals surface area contributed by atoms with Crippen LogP contribution in [0.25, 0.3) is 132 Å². The van der Waals surface area contributed by atoms with Crippen molar-refractivity contribution < 1.29 is 9.59 Å². The maximum atomic E-state index is 12.8. The van der Waals surface area contributed by atoms with E-state index in [0.717, 1.165) is 24.5 Å². The molecule has 5 heteroatoms. The quantitative estimate of drug-likeness (QED) is 0.149. The summed E-state index contributed by atoms with van der Waals surface area (Å²) in [6, 6.07) is 117. The van der Waals surface area contributed by atoms with Crippen molar-refractivity contribution in [3.63, 3.8) is 0 Å². The third kappa shape index (κ3) is 11.7. The van der Waals surface area contributed by atoms with Crippen LogP contribution in [0.3, 0.4) is 0 Å². The van der Waals surface area contributed by atoms with Crippen LogP contribution in [0.15, 0.2) is 347 Å². The van der Waals surface area contributed by atoms with E-state index >= 15 is 0 Å². The molecule has 17 rings (SSSR count). The lowest BCUT2D eigenvalue weighted by Gasteiger charge is -2.20. The van der Waals surface area contributed by atoms with Crippen molar-refractivity contribution in [1.82, 2.24) is 0 Å². The molecule has 0 bridgehead atoms. The minimum absolute atomic E-state index is 0.0973. The van der Waals surface area contributed by atoms with Gasteiger partial charge in [-0.2, -0.15) is 0 Å². The number of ketones is 2. The van der Waals surface area contributed by atoms with Crippen LogP contribution in [0.2, 0.25) is 0 Å². The average molecular weight is 1380 g/mol. The average Bonchev–Trinajstić information content (AvgIpc) is 0.823. The monoisotopic (exact) mass is 1380 g/mol. The van der Waals surface area contributed by atoms with E-state index in [0.29, 0.717) is 22.3 Å². The highest BCUT2D eigenvalue weighted by Gasteiger charge is 2.30. The predicted molar refractivity (Wildman–Crippen MR) is 401 cm³/mol. The number of carbonyl (C=O) groups excluding carboxylic acids is 2. The van der Waals surface area contributed by atoms with Crippen LogP contribution in [-0.2, 0) is 0 Å². The van der Waals surface area contributed by atoms with Crippen molar-refractivity contribution in [2.45, 2.75) is 0 Å². The molecule has 0 radical (unpaired) electrons. The standard InChI is InChI=1S/C52H33Br.C20H11BrO2.C16H11Br/c53-42-27-29-48-50(33-42)52(41-21-9-19-39(31-41)46-25-11-17-36-15-5-7-23-44(36)46)47-28-26-37(34-12-2-1-3-13-34)32-49(47)51(48)40-20-8-18-38(30-40)45-24-10-16-35-14-4-6-22-43(35)45;21-14-7-9-16-18(11-14)20(23)15-8-6-13(10-17(15)19(16)22)12-4-2-1-3-5-12;17-14-8-3-7-13(11-14)16-10-4-6-12-5-1-2-9-15(12)16/h1-33H;1-11H;1-11H. The largest absolute Gasteiger partial charge is 0.289 e. The molecule has 1 aliphatic carbocycles. The normalized spacial score (nSPS) is 11.6. The van der Waals surface area contributed by atoms with Gasteiger partial charge in [0.15, 0.2) is 11.6 Å². The summed E-state index contributed by atoms with van der Waals surface area (Å²) in [6.07, 6.45) is 0. The molecule has 0 unspecified atom stereocenters. The van der Waals surface area contributed by atoms with Gasteiger partial charge in [0.2, 0.25) is 0 Å². The second-order valence-electron chi connectivity index (χ2n) is 23.3. The third-order valence-corrected chi connectivity index (χ3v) is 19.2. The highest BCUT2D eigenvalue weighted by Crippen LogP contribution is 2.48. The van der Waals surface area contributed by atoms with E-state index in [4.69, 9.17) is 0 Å². The molecule has 0 fully saturated rings. The van der Waals surface area contributed by atoms with Crippen LogP contribution in [0.4, 0.5) is 0 Å². The smallest absolute Gasteiger partial charge is 0.194 e. The lowest BCUT2D eigenvalue weighted by Crippen LogP contribution is -2.20. The summed E-state index contributed by atoms with van der Waals surface area (Å²) in [6.45, 7) is 0. The molecule has 0 atom stereocenters. The first kappa shape index (κ1) is 58.9. The van der Waals surface area contributed by atoms with Gasteiger partial charge in [0.25, 0.3) is 0 Å². The maximum Gasteiger partial charge on any atom is 0.194 e. The van der Waals surface area contributed by atoms with E-state index in [1.807, 2.05) is 42.5 Å². The fourth-order valence-corrected chi connectivity index (χ4v) is 14.5. The lowest BCUT2D eigenvalue weighted by atomic mass is 9.83. The van der Waals surface area contributed by atoms with Gasteiger partial charge >= 0.3 is 0 Å².